The van der Waals surface area contributed by atoms with E-state index in [9.17, 15) is 4.79 Å². The van der Waals surface area contributed by atoms with Crippen molar-refractivity contribution in [1.82, 2.24) is 9.97 Å². The van der Waals surface area contributed by atoms with E-state index in [1.165, 1.54) is 5.56 Å². The molecule has 0 saturated heterocycles. The summed E-state index contributed by atoms with van der Waals surface area (Å²) in [5, 5.41) is 2.88. The number of amides is 1. The van der Waals surface area contributed by atoms with Gasteiger partial charge in [0.15, 0.2) is 0 Å². The number of fused-ring (bicyclic) bond motifs is 1. The summed E-state index contributed by atoms with van der Waals surface area (Å²) in [6.07, 6.45) is 0.927. The smallest absolute Gasteiger partial charge is 0.274 e. The molecule has 4 rings (SSSR count). The van der Waals surface area contributed by atoms with Gasteiger partial charge in [-0.2, -0.15) is 0 Å². The maximum absolute atomic E-state index is 12.9. The van der Waals surface area contributed by atoms with Crippen LogP contribution < -0.4 is 15.0 Å². The van der Waals surface area contributed by atoms with Gasteiger partial charge in [0.1, 0.15) is 11.4 Å². The van der Waals surface area contributed by atoms with Gasteiger partial charge in [0.25, 0.3) is 5.91 Å². The first-order chi connectivity index (χ1) is 13.6. The van der Waals surface area contributed by atoms with Crippen LogP contribution in [-0.4, -0.2) is 29.0 Å². The zero-order chi connectivity index (χ0) is 19.7. The van der Waals surface area contributed by atoms with Crippen LogP contribution in [0.2, 0.25) is 0 Å². The number of carbonyl (C=O) groups excluding carboxylic acids is 1. The Hall–Kier alpha value is -3.41. The Balaban J connectivity index is 1.67. The Labute approximate surface area is 164 Å². The van der Waals surface area contributed by atoms with E-state index in [1.54, 1.807) is 25.3 Å². The lowest BCUT2D eigenvalue weighted by atomic mass is 10.1. The van der Waals surface area contributed by atoms with Gasteiger partial charge in [0.05, 0.1) is 12.8 Å². The molecule has 1 aliphatic heterocycles. The van der Waals surface area contributed by atoms with Crippen molar-refractivity contribution in [2.24, 2.45) is 0 Å². The number of nitrogens with zero attached hydrogens (tertiary/aromatic N) is 3. The van der Waals surface area contributed by atoms with Gasteiger partial charge in [0.2, 0.25) is 5.95 Å². The van der Waals surface area contributed by atoms with Gasteiger partial charge in [0, 0.05) is 17.4 Å². The normalized spacial score (nSPS) is 15.2. The van der Waals surface area contributed by atoms with Crippen LogP contribution in [0, 0.1) is 6.92 Å². The van der Waals surface area contributed by atoms with Crippen LogP contribution in [0.4, 0.5) is 17.3 Å². The highest BCUT2D eigenvalue weighted by atomic mass is 16.5. The highest BCUT2D eigenvalue weighted by molar-refractivity contribution is 6.04. The van der Waals surface area contributed by atoms with Crippen molar-refractivity contribution in [2.45, 2.75) is 26.3 Å². The van der Waals surface area contributed by atoms with Gasteiger partial charge >= 0.3 is 0 Å². The number of nitrogens with one attached hydrogen (secondary N) is 1. The summed E-state index contributed by atoms with van der Waals surface area (Å²) in [7, 11) is 1.57. The molecule has 0 bridgehead atoms. The highest BCUT2D eigenvalue weighted by Gasteiger charge is 2.29. The minimum atomic E-state index is -0.295. The average molecular weight is 374 g/mol. The standard InChI is InChI=1S/C22H22N4O2/c1-14-12-18(21(27)24-17-9-5-7-11-20(17)28-3)25-22(23-14)26-15(2)13-16-8-4-6-10-19(16)26/h4-12,15H,13H2,1-3H3,(H,24,27). The van der Waals surface area contributed by atoms with Crippen molar-refractivity contribution in [1.29, 1.82) is 0 Å². The molecule has 0 radical (unpaired) electrons. The molecular formula is C22H22N4O2. The monoisotopic (exact) mass is 374 g/mol. The molecule has 2 aromatic carbocycles. The number of hydrogen-bond acceptors (Lipinski definition) is 5. The summed E-state index contributed by atoms with van der Waals surface area (Å²) < 4.78 is 5.31. The predicted molar refractivity (Wildman–Crippen MR) is 109 cm³/mol. The van der Waals surface area contributed by atoms with E-state index in [4.69, 9.17) is 4.74 Å². The average Bonchev–Trinajstić information content (AvgIpc) is 3.03. The van der Waals surface area contributed by atoms with E-state index < -0.39 is 0 Å². The first-order valence-corrected chi connectivity index (χ1v) is 9.24. The van der Waals surface area contributed by atoms with Crippen molar-refractivity contribution in [2.75, 3.05) is 17.3 Å². The third kappa shape index (κ3) is 3.29. The van der Waals surface area contributed by atoms with Gasteiger partial charge in [-0.25, -0.2) is 9.97 Å². The van der Waals surface area contributed by atoms with Crippen molar-refractivity contribution in [3.63, 3.8) is 0 Å². The van der Waals surface area contributed by atoms with Gasteiger partial charge in [-0.3, -0.25) is 4.79 Å². The molecule has 0 spiro atoms. The maximum atomic E-state index is 12.9. The number of hydrogen-bond donors (Lipinski definition) is 1. The second-order valence-electron chi connectivity index (χ2n) is 6.90. The summed E-state index contributed by atoms with van der Waals surface area (Å²) in [5.74, 6) is 0.850. The number of anilines is 3. The van der Waals surface area contributed by atoms with Gasteiger partial charge in [-0.15, -0.1) is 0 Å². The Morgan fingerprint density at radius 3 is 2.71 bits per heavy atom. The fourth-order valence-electron chi connectivity index (χ4n) is 3.58. The summed E-state index contributed by atoms with van der Waals surface area (Å²) in [6.45, 7) is 4.01. The lowest BCUT2D eigenvalue weighted by Gasteiger charge is -2.23. The lowest BCUT2D eigenvalue weighted by molar-refractivity contribution is 0.102. The highest BCUT2D eigenvalue weighted by Crippen LogP contribution is 2.36. The van der Waals surface area contributed by atoms with E-state index in [0.29, 0.717) is 23.1 Å². The van der Waals surface area contributed by atoms with Crippen molar-refractivity contribution < 1.29 is 9.53 Å². The Bertz CT molecular complexity index is 1030. The van der Waals surface area contributed by atoms with Gasteiger partial charge in [-0.05, 0) is 50.1 Å². The topological polar surface area (TPSA) is 67.3 Å². The molecule has 2 heterocycles. The van der Waals surface area contributed by atoms with Crippen molar-refractivity contribution in [3.8, 4) is 5.75 Å². The molecule has 1 aromatic heterocycles. The maximum Gasteiger partial charge on any atom is 0.274 e. The quantitative estimate of drug-likeness (QED) is 0.744. The number of aryl methyl sites for hydroxylation is 1. The molecule has 6 heteroatoms. The minimum absolute atomic E-state index is 0.226. The molecule has 28 heavy (non-hydrogen) atoms. The van der Waals surface area contributed by atoms with Crippen molar-refractivity contribution in [3.05, 3.63) is 71.5 Å². The van der Waals surface area contributed by atoms with Crippen LogP contribution in [0.1, 0.15) is 28.7 Å². The number of para-hydroxylation sites is 3. The number of benzene rings is 2. The van der Waals surface area contributed by atoms with Gasteiger partial charge in [-0.1, -0.05) is 30.3 Å². The zero-order valence-electron chi connectivity index (χ0n) is 16.1. The molecule has 1 amide bonds. The molecule has 1 N–H and O–H groups in total. The SMILES string of the molecule is COc1ccccc1NC(=O)c1cc(C)nc(N2c3ccccc3CC2C)n1. The van der Waals surface area contributed by atoms with Crippen LogP contribution >= 0.6 is 0 Å². The molecule has 1 unspecified atom stereocenters. The Morgan fingerprint density at radius 2 is 1.89 bits per heavy atom. The Morgan fingerprint density at radius 1 is 1.14 bits per heavy atom. The minimum Gasteiger partial charge on any atom is -0.495 e. The number of methoxy groups -OCH3 is 1. The zero-order valence-corrected chi connectivity index (χ0v) is 16.1. The van der Waals surface area contributed by atoms with Crippen LogP contribution in [0.3, 0.4) is 0 Å². The van der Waals surface area contributed by atoms with Crippen LogP contribution in [0.25, 0.3) is 0 Å². The number of aromatic nitrogens is 2. The summed E-state index contributed by atoms with van der Waals surface area (Å²) in [4.78, 5) is 24.1. The first-order valence-electron chi connectivity index (χ1n) is 9.24. The Kier molecular flexibility index (Phi) is 4.69. The molecule has 6 nitrogen and oxygen atoms in total. The van der Waals surface area contributed by atoms with Crippen molar-refractivity contribution >= 4 is 23.2 Å². The fraction of sp³-hybridized carbons (Fsp3) is 0.227. The molecule has 3 aromatic rings. The summed E-state index contributed by atoms with van der Waals surface area (Å²) in [6, 6.07) is 17.5. The summed E-state index contributed by atoms with van der Waals surface area (Å²) >= 11 is 0. The molecule has 0 fully saturated rings. The number of carbonyl (C=O) groups is 1. The third-order valence-electron chi connectivity index (χ3n) is 4.85. The van der Waals surface area contributed by atoms with E-state index in [2.05, 4.69) is 39.2 Å². The molecule has 0 aliphatic carbocycles. The number of rotatable bonds is 4. The molecule has 1 aliphatic rings. The first kappa shape index (κ1) is 18.0. The second-order valence-corrected chi connectivity index (χ2v) is 6.90. The van der Waals surface area contributed by atoms with E-state index in [0.717, 1.165) is 17.8 Å². The third-order valence-corrected chi connectivity index (χ3v) is 4.85. The molecular weight excluding hydrogens is 352 g/mol. The largest absolute Gasteiger partial charge is 0.495 e. The summed E-state index contributed by atoms with van der Waals surface area (Å²) in [5.41, 5.74) is 4.03. The predicted octanol–water partition coefficient (Wildman–Crippen LogP) is 4.13. The van der Waals surface area contributed by atoms with Gasteiger partial charge < -0.3 is 15.0 Å². The molecule has 0 saturated carbocycles. The molecule has 1 atom stereocenters. The van der Waals surface area contributed by atoms with Crippen LogP contribution in [0.15, 0.2) is 54.6 Å². The second kappa shape index (κ2) is 7.31. The van der Waals surface area contributed by atoms with E-state index >= 15 is 0 Å². The van der Waals surface area contributed by atoms with Crippen LogP contribution in [0.5, 0.6) is 5.75 Å². The lowest BCUT2D eigenvalue weighted by Crippen LogP contribution is -2.27. The molecule has 142 valence electrons. The van der Waals surface area contributed by atoms with E-state index in [1.807, 2.05) is 31.2 Å². The fourth-order valence-corrected chi connectivity index (χ4v) is 3.58. The number of ether oxygens (including phenoxy) is 1. The van der Waals surface area contributed by atoms with Crippen LogP contribution in [-0.2, 0) is 6.42 Å². The van der Waals surface area contributed by atoms with E-state index in [-0.39, 0.29) is 11.9 Å².